The molecule has 0 saturated heterocycles. The third-order valence-corrected chi connectivity index (χ3v) is 4.41. The summed E-state index contributed by atoms with van der Waals surface area (Å²) in [7, 11) is 1.16. The zero-order valence-electron chi connectivity index (χ0n) is 17.2. The van der Waals surface area contributed by atoms with E-state index in [4.69, 9.17) is 9.47 Å². The summed E-state index contributed by atoms with van der Waals surface area (Å²) in [4.78, 5) is 36.9. The molecule has 0 aliphatic rings. The maximum Gasteiger partial charge on any atom is 0.408 e. The molecule has 31 heavy (non-hydrogen) atoms. The van der Waals surface area contributed by atoms with E-state index in [0.29, 0.717) is 5.56 Å². The number of benzene rings is 2. The molecule has 2 aromatic carbocycles. The number of halogens is 1. The highest BCUT2D eigenvalue weighted by Crippen LogP contribution is 2.08. The first-order valence-corrected chi connectivity index (χ1v) is 9.58. The molecule has 0 bridgehead atoms. The zero-order chi connectivity index (χ0) is 22.8. The molecule has 2 rings (SSSR count). The first kappa shape index (κ1) is 23.8. The van der Waals surface area contributed by atoms with Gasteiger partial charge in [-0.25, -0.2) is 14.0 Å². The van der Waals surface area contributed by atoms with Crippen LogP contribution in [-0.2, 0) is 32.1 Å². The van der Waals surface area contributed by atoms with Crippen LogP contribution < -0.4 is 10.6 Å². The van der Waals surface area contributed by atoms with Crippen LogP contribution in [0, 0.1) is 5.82 Å². The van der Waals surface area contributed by atoms with Gasteiger partial charge in [0, 0.05) is 6.42 Å². The van der Waals surface area contributed by atoms with Crippen LogP contribution in [0.1, 0.15) is 18.1 Å². The second-order valence-corrected chi connectivity index (χ2v) is 6.84. The van der Waals surface area contributed by atoms with Crippen molar-refractivity contribution in [2.45, 2.75) is 38.1 Å². The number of amides is 2. The van der Waals surface area contributed by atoms with Gasteiger partial charge in [0.25, 0.3) is 0 Å². The molecule has 0 fully saturated rings. The summed E-state index contributed by atoms with van der Waals surface area (Å²) < 4.78 is 22.9. The number of aliphatic hydroxyl groups excluding tert-OH is 1. The van der Waals surface area contributed by atoms with Crippen molar-refractivity contribution in [3.05, 3.63) is 71.5 Å². The number of alkyl carbamates (subject to hydrolysis) is 1. The van der Waals surface area contributed by atoms with E-state index in [2.05, 4.69) is 10.6 Å². The van der Waals surface area contributed by atoms with E-state index in [1.807, 2.05) is 6.07 Å². The standard InChI is InChI=1S/C22H25FN2O6/c1-14(26)19(25-22(29)31-13-16-6-4-3-5-7-16)20(27)24-18(21(28)30-2)12-15-8-10-17(23)11-9-15/h3-11,14,18-19,26H,12-13H2,1-2H3,(H,24,27)(H,25,29)/t14-,18+,19+/m1/s1. The molecule has 9 heteroatoms. The number of aliphatic hydroxyl groups is 1. The summed E-state index contributed by atoms with van der Waals surface area (Å²) in [6.07, 6.45) is -2.14. The monoisotopic (exact) mass is 432 g/mol. The molecule has 0 unspecified atom stereocenters. The topological polar surface area (TPSA) is 114 Å². The highest BCUT2D eigenvalue weighted by molar-refractivity contribution is 5.90. The van der Waals surface area contributed by atoms with Gasteiger partial charge in [0.05, 0.1) is 13.2 Å². The van der Waals surface area contributed by atoms with Crippen molar-refractivity contribution in [2.75, 3.05) is 7.11 Å². The van der Waals surface area contributed by atoms with Gasteiger partial charge >= 0.3 is 12.1 Å². The number of hydrogen-bond donors (Lipinski definition) is 3. The van der Waals surface area contributed by atoms with E-state index < -0.39 is 42.0 Å². The number of nitrogens with one attached hydrogen (secondary N) is 2. The van der Waals surface area contributed by atoms with Crippen LogP contribution in [0.4, 0.5) is 9.18 Å². The van der Waals surface area contributed by atoms with Gasteiger partial charge in [0.15, 0.2) is 0 Å². The average molecular weight is 432 g/mol. The summed E-state index contributed by atoms with van der Waals surface area (Å²) in [5.74, 6) is -1.97. The Morgan fingerprint density at radius 2 is 1.65 bits per heavy atom. The smallest absolute Gasteiger partial charge is 0.408 e. The Hall–Kier alpha value is -3.46. The Labute approximate surface area is 179 Å². The molecule has 0 aromatic heterocycles. The minimum atomic E-state index is -1.37. The van der Waals surface area contributed by atoms with Crippen LogP contribution in [0.3, 0.4) is 0 Å². The SMILES string of the molecule is COC(=O)[C@H](Cc1ccc(F)cc1)NC(=O)[C@@H](NC(=O)OCc1ccccc1)[C@@H](C)O. The van der Waals surface area contributed by atoms with Crippen LogP contribution in [-0.4, -0.2) is 48.4 Å². The minimum absolute atomic E-state index is 0.0177. The summed E-state index contributed by atoms with van der Waals surface area (Å²) in [6, 6.07) is 11.9. The van der Waals surface area contributed by atoms with Gasteiger partial charge in [-0.2, -0.15) is 0 Å². The normalized spacial score (nSPS) is 13.4. The number of carbonyl (C=O) groups excluding carboxylic acids is 3. The van der Waals surface area contributed by atoms with E-state index >= 15 is 0 Å². The molecule has 0 saturated carbocycles. The molecule has 3 N–H and O–H groups in total. The Balaban J connectivity index is 2.00. The first-order chi connectivity index (χ1) is 14.8. The first-order valence-electron chi connectivity index (χ1n) is 9.58. The molecular weight excluding hydrogens is 407 g/mol. The molecule has 3 atom stereocenters. The van der Waals surface area contributed by atoms with E-state index in [-0.39, 0.29) is 13.0 Å². The number of rotatable bonds is 9. The summed E-state index contributed by atoms with van der Waals surface area (Å²) >= 11 is 0. The van der Waals surface area contributed by atoms with Crippen LogP contribution in [0.15, 0.2) is 54.6 Å². The zero-order valence-corrected chi connectivity index (χ0v) is 17.2. The second kappa shape index (κ2) is 11.7. The number of carbonyl (C=O) groups is 3. The summed E-state index contributed by atoms with van der Waals surface area (Å²) in [5, 5.41) is 14.7. The highest BCUT2D eigenvalue weighted by atomic mass is 19.1. The van der Waals surface area contributed by atoms with Gasteiger partial charge in [-0.1, -0.05) is 42.5 Å². The molecule has 0 aliphatic heterocycles. The van der Waals surface area contributed by atoms with Gasteiger partial charge < -0.3 is 25.2 Å². The number of esters is 1. The fourth-order valence-electron chi connectivity index (χ4n) is 2.75. The quantitative estimate of drug-likeness (QED) is 0.520. The van der Waals surface area contributed by atoms with Crippen molar-refractivity contribution >= 4 is 18.0 Å². The maximum absolute atomic E-state index is 13.1. The maximum atomic E-state index is 13.1. The second-order valence-electron chi connectivity index (χ2n) is 6.84. The van der Waals surface area contributed by atoms with Gasteiger partial charge in [-0.3, -0.25) is 4.79 Å². The van der Waals surface area contributed by atoms with E-state index in [0.717, 1.165) is 12.7 Å². The predicted molar refractivity (Wildman–Crippen MR) is 109 cm³/mol. The summed E-state index contributed by atoms with van der Waals surface area (Å²) in [6.45, 7) is 1.30. The Morgan fingerprint density at radius 3 is 2.23 bits per heavy atom. The molecule has 166 valence electrons. The Kier molecular flexibility index (Phi) is 8.95. The molecular formula is C22H25FN2O6. The van der Waals surface area contributed by atoms with Crippen molar-refractivity contribution in [1.29, 1.82) is 0 Å². The fourth-order valence-corrected chi connectivity index (χ4v) is 2.75. The molecule has 0 spiro atoms. The van der Waals surface area contributed by atoms with Gasteiger partial charge in [0.2, 0.25) is 5.91 Å². The van der Waals surface area contributed by atoms with Gasteiger partial charge in [0.1, 0.15) is 24.5 Å². The van der Waals surface area contributed by atoms with Crippen LogP contribution in [0.25, 0.3) is 0 Å². The van der Waals surface area contributed by atoms with Gasteiger partial charge in [-0.15, -0.1) is 0 Å². The fraction of sp³-hybridized carbons (Fsp3) is 0.318. The Morgan fingerprint density at radius 1 is 1.00 bits per heavy atom. The molecule has 0 aliphatic carbocycles. The molecule has 8 nitrogen and oxygen atoms in total. The van der Waals surface area contributed by atoms with Crippen molar-refractivity contribution in [3.63, 3.8) is 0 Å². The van der Waals surface area contributed by atoms with Crippen molar-refractivity contribution in [2.24, 2.45) is 0 Å². The lowest BCUT2D eigenvalue weighted by atomic mass is 10.0. The molecule has 0 radical (unpaired) electrons. The Bertz CT molecular complexity index is 873. The average Bonchev–Trinajstić information content (AvgIpc) is 2.76. The minimum Gasteiger partial charge on any atom is -0.467 e. The lowest BCUT2D eigenvalue weighted by molar-refractivity contribution is -0.145. The van der Waals surface area contributed by atoms with Crippen LogP contribution >= 0.6 is 0 Å². The van der Waals surface area contributed by atoms with Crippen molar-refractivity contribution in [1.82, 2.24) is 10.6 Å². The largest absolute Gasteiger partial charge is 0.467 e. The number of ether oxygens (including phenoxy) is 2. The number of hydrogen-bond acceptors (Lipinski definition) is 6. The van der Waals surface area contributed by atoms with E-state index in [1.165, 1.54) is 31.2 Å². The van der Waals surface area contributed by atoms with Crippen molar-refractivity contribution < 1.29 is 33.4 Å². The highest BCUT2D eigenvalue weighted by Gasteiger charge is 2.30. The van der Waals surface area contributed by atoms with Crippen molar-refractivity contribution in [3.8, 4) is 0 Å². The van der Waals surface area contributed by atoms with Crippen LogP contribution in [0.5, 0.6) is 0 Å². The molecule has 0 heterocycles. The van der Waals surface area contributed by atoms with Gasteiger partial charge in [-0.05, 0) is 30.2 Å². The lowest BCUT2D eigenvalue weighted by Gasteiger charge is -2.23. The van der Waals surface area contributed by atoms with E-state index in [9.17, 15) is 23.9 Å². The predicted octanol–water partition coefficient (Wildman–Crippen LogP) is 1.70. The molecule has 2 amide bonds. The lowest BCUT2D eigenvalue weighted by Crippen LogP contribution is -2.56. The number of methoxy groups -OCH3 is 1. The summed E-state index contributed by atoms with van der Waals surface area (Å²) in [5.41, 5.74) is 1.33. The molecule has 2 aromatic rings. The third kappa shape index (κ3) is 7.71. The van der Waals surface area contributed by atoms with E-state index in [1.54, 1.807) is 24.3 Å². The van der Waals surface area contributed by atoms with Crippen LogP contribution in [0.2, 0.25) is 0 Å². The third-order valence-electron chi connectivity index (χ3n) is 4.41.